The molecule has 1 aliphatic heterocycles. The fourth-order valence-electron chi connectivity index (χ4n) is 4.44. The molecule has 1 amide bonds. The highest BCUT2D eigenvalue weighted by Crippen LogP contribution is 2.30. The van der Waals surface area contributed by atoms with E-state index in [0.717, 1.165) is 66.8 Å². The van der Waals surface area contributed by atoms with Crippen LogP contribution >= 0.6 is 0 Å². The molecule has 1 aromatic heterocycles. The Morgan fingerprint density at radius 3 is 2.61 bits per heavy atom. The predicted octanol–water partition coefficient (Wildman–Crippen LogP) is 4.82. The summed E-state index contributed by atoms with van der Waals surface area (Å²) in [5.74, 6) is 2.33. The molecule has 1 fully saturated rings. The molecule has 1 N–H and O–H groups in total. The first-order valence-corrected chi connectivity index (χ1v) is 10.8. The van der Waals surface area contributed by atoms with Crippen molar-refractivity contribution in [3.63, 3.8) is 0 Å². The van der Waals surface area contributed by atoms with E-state index in [1.54, 1.807) is 21.3 Å². The summed E-state index contributed by atoms with van der Waals surface area (Å²) in [6.45, 7) is 0.800. The summed E-state index contributed by atoms with van der Waals surface area (Å²) in [4.78, 5) is 18.7. The smallest absolute Gasteiger partial charge is 0.270 e. The zero-order valence-corrected chi connectivity index (χ0v) is 18.4. The van der Waals surface area contributed by atoms with Crippen LogP contribution in [0, 0.1) is 0 Å². The van der Waals surface area contributed by atoms with Crippen LogP contribution in [0.5, 0.6) is 17.2 Å². The van der Waals surface area contributed by atoms with Gasteiger partial charge in [0.2, 0.25) is 0 Å². The minimum Gasteiger partial charge on any atom is -0.497 e. The van der Waals surface area contributed by atoms with Gasteiger partial charge in [-0.1, -0.05) is 6.07 Å². The molecule has 0 spiro atoms. The monoisotopic (exact) mass is 422 g/mol. The normalized spacial score (nSPS) is 16.4. The number of ether oxygens (including phenoxy) is 3. The lowest BCUT2D eigenvalue weighted by Crippen LogP contribution is -2.44. The van der Waals surface area contributed by atoms with Gasteiger partial charge in [0.25, 0.3) is 5.91 Å². The van der Waals surface area contributed by atoms with Crippen molar-refractivity contribution in [1.82, 2.24) is 9.88 Å². The van der Waals surface area contributed by atoms with Gasteiger partial charge in [-0.3, -0.25) is 4.79 Å². The number of fused-ring (bicyclic) bond motifs is 1. The van der Waals surface area contributed by atoms with Gasteiger partial charge in [0.15, 0.2) is 11.5 Å². The van der Waals surface area contributed by atoms with Gasteiger partial charge in [0.05, 0.1) is 21.3 Å². The average Bonchev–Trinajstić information content (AvgIpc) is 3.25. The van der Waals surface area contributed by atoms with E-state index in [9.17, 15) is 4.79 Å². The number of carbonyl (C=O) groups excluding carboxylic acids is 1. The van der Waals surface area contributed by atoms with Crippen LogP contribution in [-0.2, 0) is 6.42 Å². The van der Waals surface area contributed by atoms with E-state index in [2.05, 4.69) is 11.1 Å². The number of hydrogen-bond acceptors (Lipinski definition) is 4. The largest absolute Gasteiger partial charge is 0.497 e. The summed E-state index contributed by atoms with van der Waals surface area (Å²) in [7, 11) is 4.94. The van der Waals surface area contributed by atoms with Gasteiger partial charge in [0.1, 0.15) is 11.4 Å². The molecule has 6 nitrogen and oxygen atoms in total. The summed E-state index contributed by atoms with van der Waals surface area (Å²) >= 11 is 0. The number of H-pyrrole nitrogens is 1. The van der Waals surface area contributed by atoms with E-state index >= 15 is 0 Å². The first-order chi connectivity index (χ1) is 15.1. The van der Waals surface area contributed by atoms with Gasteiger partial charge in [-0.05, 0) is 68.0 Å². The van der Waals surface area contributed by atoms with Gasteiger partial charge in [-0.25, -0.2) is 0 Å². The fraction of sp³-hybridized carbons (Fsp3) is 0.400. The molecule has 1 saturated heterocycles. The second kappa shape index (κ2) is 9.33. The van der Waals surface area contributed by atoms with Crippen LogP contribution in [0.4, 0.5) is 0 Å². The Balaban J connectivity index is 1.49. The second-order valence-electron chi connectivity index (χ2n) is 8.01. The van der Waals surface area contributed by atoms with Crippen LogP contribution in [0.15, 0.2) is 42.5 Å². The number of aryl methyl sites for hydroxylation is 1. The Labute approximate surface area is 183 Å². The molecule has 31 heavy (non-hydrogen) atoms. The maximum atomic E-state index is 13.4. The van der Waals surface area contributed by atoms with E-state index in [1.165, 1.54) is 5.56 Å². The highest BCUT2D eigenvalue weighted by atomic mass is 16.5. The summed E-state index contributed by atoms with van der Waals surface area (Å²) in [5.41, 5.74) is 2.75. The number of piperidine rings is 1. The Kier molecular flexibility index (Phi) is 6.35. The minimum atomic E-state index is 0.0761. The number of likely N-dealkylation sites (tertiary alicyclic amines) is 1. The van der Waals surface area contributed by atoms with Gasteiger partial charge >= 0.3 is 0 Å². The fourth-order valence-corrected chi connectivity index (χ4v) is 4.44. The number of benzene rings is 2. The molecule has 164 valence electrons. The zero-order valence-electron chi connectivity index (χ0n) is 18.4. The number of amides is 1. The molecule has 1 unspecified atom stereocenters. The van der Waals surface area contributed by atoms with Crippen LogP contribution in [0.3, 0.4) is 0 Å². The van der Waals surface area contributed by atoms with E-state index in [-0.39, 0.29) is 11.9 Å². The van der Waals surface area contributed by atoms with E-state index in [1.807, 2.05) is 41.3 Å². The molecule has 2 heterocycles. The van der Waals surface area contributed by atoms with Crippen molar-refractivity contribution >= 4 is 16.8 Å². The van der Waals surface area contributed by atoms with Crippen molar-refractivity contribution in [3.05, 3.63) is 53.7 Å². The first-order valence-electron chi connectivity index (χ1n) is 10.8. The maximum Gasteiger partial charge on any atom is 0.270 e. The van der Waals surface area contributed by atoms with Crippen molar-refractivity contribution in [3.8, 4) is 17.2 Å². The molecule has 0 saturated carbocycles. The SMILES string of the molecule is COc1ccc2cc(C(=O)N3CCCCC3CCc3ccc(OC)c(OC)c3)[nH]c2c1. The van der Waals surface area contributed by atoms with E-state index in [4.69, 9.17) is 14.2 Å². The second-order valence-corrected chi connectivity index (χ2v) is 8.01. The minimum absolute atomic E-state index is 0.0761. The number of nitrogens with zero attached hydrogens (tertiary/aromatic N) is 1. The number of aromatic amines is 1. The van der Waals surface area contributed by atoms with E-state index in [0.29, 0.717) is 5.69 Å². The topological polar surface area (TPSA) is 63.8 Å². The van der Waals surface area contributed by atoms with Crippen molar-refractivity contribution < 1.29 is 19.0 Å². The van der Waals surface area contributed by atoms with Crippen LogP contribution in [0.1, 0.15) is 41.7 Å². The summed E-state index contributed by atoms with van der Waals surface area (Å²) in [6, 6.07) is 14.0. The Morgan fingerprint density at radius 1 is 1.00 bits per heavy atom. The van der Waals surface area contributed by atoms with E-state index < -0.39 is 0 Å². The average molecular weight is 423 g/mol. The summed E-state index contributed by atoms with van der Waals surface area (Å²) in [5, 5.41) is 1.02. The molecule has 2 aromatic carbocycles. The molecule has 1 aliphatic rings. The number of aromatic nitrogens is 1. The number of carbonyl (C=O) groups is 1. The molecule has 6 heteroatoms. The van der Waals surface area contributed by atoms with Gasteiger partial charge < -0.3 is 24.1 Å². The van der Waals surface area contributed by atoms with Crippen molar-refractivity contribution in [1.29, 1.82) is 0 Å². The van der Waals surface area contributed by atoms with Crippen LogP contribution in [0.2, 0.25) is 0 Å². The number of hydrogen-bond donors (Lipinski definition) is 1. The highest BCUT2D eigenvalue weighted by Gasteiger charge is 2.28. The highest BCUT2D eigenvalue weighted by molar-refractivity contribution is 5.98. The summed E-state index contributed by atoms with van der Waals surface area (Å²) in [6.07, 6.45) is 5.05. The number of nitrogens with one attached hydrogen (secondary N) is 1. The maximum absolute atomic E-state index is 13.4. The third-order valence-electron chi connectivity index (χ3n) is 6.16. The molecule has 1 atom stereocenters. The van der Waals surface area contributed by atoms with Crippen LogP contribution < -0.4 is 14.2 Å². The quantitative estimate of drug-likeness (QED) is 0.593. The summed E-state index contributed by atoms with van der Waals surface area (Å²) < 4.78 is 16.1. The molecular weight excluding hydrogens is 392 g/mol. The zero-order chi connectivity index (χ0) is 21.8. The third-order valence-corrected chi connectivity index (χ3v) is 6.16. The predicted molar refractivity (Wildman–Crippen MR) is 121 cm³/mol. The Hall–Kier alpha value is -3.15. The number of rotatable bonds is 7. The Bertz CT molecular complexity index is 1060. The molecule has 0 radical (unpaired) electrons. The molecular formula is C25H30N2O4. The lowest BCUT2D eigenvalue weighted by atomic mass is 9.95. The molecule has 4 rings (SSSR count). The van der Waals surface area contributed by atoms with Gasteiger partial charge in [-0.2, -0.15) is 0 Å². The Morgan fingerprint density at radius 2 is 1.84 bits per heavy atom. The lowest BCUT2D eigenvalue weighted by molar-refractivity contribution is 0.0597. The number of methoxy groups -OCH3 is 3. The first kappa shape index (κ1) is 21.1. The van der Waals surface area contributed by atoms with Crippen molar-refractivity contribution in [2.45, 2.75) is 38.1 Å². The van der Waals surface area contributed by atoms with Crippen molar-refractivity contribution in [2.75, 3.05) is 27.9 Å². The molecule has 3 aromatic rings. The van der Waals surface area contributed by atoms with Crippen LogP contribution in [-0.4, -0.2) is 49.7 Å². The third kappa shape index (κ3) is 4.48. The standard InChI is InChI=1S/C25H30N2O4/c1-29-20-11-9-18-15-22(26-21(18)16-20)25(28)27-13-5-4-6-19(27)10-7-17-8-12-23(30-2)24(14-17)31-3/h8-9,11-12,14-16,19,26H,4-7,10,13H2,1-3H3. The molecule has 0 bridgehead atoms. The van der Waals surface area contributed by atoms with Gasteiger partial charge in [0, 0.05) is 29.6 Å². The van der Waals surface area contributed by atoms with Gasteiger partial charge in [-0.15, -0.1) is 0 Å². The lowest BCUT2D eigenvalue weighted by Gasteiger charge is -2.35. The van der Waals surface area contributed by atoms with Crippen LogP contribution in [0.25, 0.3) is 10.9 Å². The molecule has 0 aliphatic carbocycles. The van der Waals surface area contributed by atoms with Crippen molar-refractivity contribution in [2.24, 2.45) is 0 Å².